The molecule has 6 nitrogen and oxygen atoms in total. The van der Waals surface area contributed by atoms with Gasteiger partial charge in [-0.15, -0.1) is 0 Å². The number of unbranched alkanes of at least 4 members (excludes halogenated alkanes) is 29. The smallest absolute Gasteiger partial charge is 0.306 e. The Morgan fingerprint density at radius 2 is 0.585 bits per heavy atom. The van der Waals surface area contributed by atoms with Gasteiger partial charge in [0, 0.05) is 19.3 Å². The molecule has 0 heterocycles. The van der Waals surface area contributed by atoms with Crippen molar-refractivity contribution in [2.24, 2.45) is 0 Å². The topological polar surface area (TPSA) is 78.9 Å². The molecule has 0 aliphatic carbocycles. The van der Waals surface area contributed by atoms with Crippen molar-refractivity contribution in [2.75, 3.05) is 13.2 Å². The monoisotopic (exact) mass is 909 g/mol. The predicted molar refractivity (Wildman–Crippen MR) is 279 cm³/mol. The van der Waals surface area contributed by atoms with Gasteiger partial charge in [-0.3, -0.25) is 14.4 Å². The highest BCUT2D eigenvalue weighted by molar-refractivity contribution is 5.71. The Morgan fingerprint density at radius 3 is 0.954 bits per heavy atom. The Morgan fingerprint density at radius 1 is 0.308 bits per heavy atom. The summed E-state index contributed by atoms with van der Waals surface area (Å²) in [6, 6.07) is 0. The molecule has 0 rings (SSSR count). The van der Waals surface area contributed by atoms with E-state index in [1.54, 1.807) is 0 Å². The van der Waals surface area contributed by atoms with E-state index in [0.29, 0.717) is 19.3 Å². The average molecular weight is 909 g/mol. The largest absolute Gasteiger partial charge is 0.462 e. The van der Waals surface area contributed by atoms with Crippen LogP contribution in [0.4, 0.5) is 0 Å². The second-order valence-corrected chi connectivity index (χ2v) is 18.5. The van der Waals surface area contributed by atoms with Crippen molar-refractivity contribution in [3.63, 3.8) is 0 Å². The van der Waals surface area contributed by atoms with Crippen LogP contribution in [0.3, 0.4) is 0 Å². The zero-order valence-corrected chi connectivity index (χ0v) is 43.0. The Bertz CT molecular complexity index is 1180. The first-order valence-electron chi connectivity index (χ1n) is 27.8. The molecule has 0 amide bonds. The van der Waals surface area contributed by atoms with Crippen molar-refractivity contribution in [1.29, 1.82) is 0 Å². The van der Waals surface area contributed by atoms with Crippen molar-refractivity contribution < 1.29 is 28.6 Å². The molecule has 0 aromatic carbocycles. The molecule has 0 saturated heterocycles. The lowest BCUT2D eigenvalue weighted by molar-refractivity contribution is -0.166. The summed E-state index contributed by atoms with van der Waals surface area (Å²) >= 11 is 0. The van der Waals surface area contributed by atoms with Crippen LogP contribution >= 0.6 is 0 Å². The highest BCUT2D eigenvalue weighted by atomic mass is 16.6. The van der Waals surface area contributed by atoms with Crippen LogP contribution in [0, 0.1) is 0 Å². The van der Waals surface area contributed by atoms with E-state index in [2.05, 4.69) is 75.5 Å². The van der Waals surface area contributed by atoms with Gasteiger partial charge in [0.15, 0.2) is 6.10 Å². The molecule has 0 N–H and O–H groups in total. The highest BCUT2D eigenvalue weighted by Crippen LogP contribution is 2.16. The minimum absolute atomic E-state index is 0.0933. The molecule has 0 fully saturated rings. The van der Waals surface area contributed by atoms with Gasteiger partial charge in [0.2, 0.25) is 0 Å². The fourth-order valence-electron chi connectivity index (χ4n) is 7.84. The molecule has 0 aromatic heterocycles. The third-order valence-corrected chi connectivity index (χ3v) is 12.0. The lowest BCUT2D eigenvalue weighted by Crippen LogP contribution is -2.30. The Labute approximate surface area is 402 Å². The first-order chi connectivity index (χ1) is 32.0. The van der Waals surface area contributed by atoms with E-state index in [1.165, 1.54) is 167 Å². The van der Waals surface area contributed by atoms with Gasteiger partial charge >= 0.3 is 17.9 Å². The number of carbonyl (C=O) groups excluding carboxylic acids is 3. The van der Waals surface area contributed by atoms with Crippen molar-refractivity contribution in [2.45, 2.75) is 284 Å². The van der Waals surface area contributed by atoms with Crippen molar-refractivity contribution in [3.05, 3.63) is 60.8 Å². The predicted octanol–water partition coefficient (Wildman–Crippen LogP) is 18.4. The zero-order valence-electron chi connectivity index (χ0n) is 43.0. The molecule has 1 atom stereocenters. The maximum Gasteiger partial charge on any atom is 0.306 e. The number of hydrogen-bond donors (Lipinski definition) is 0. The molecule has 0 aliphatic heterocycles. The second kappa shape index (κ2) is 53.7. The number of hydrogen-bond acceptors (Lipinski definition) is 6. The number of esters is 3. The number of rotatable bonds is 50. The van der Waals surface area contributed by atoms with Gasteiger partial charge in [0.1, 0.15) is 13.2 Å². The molecule has 0 bridgehead atoms. The number of allylic oxidation sites excluding steroid dienone is 10. The minimum atomic E-state index is -0.800. The fourth-order valence-corrected chi connectivity index (χ4v) is 7.84. The van der Waals surface area contributed by atoms with Crippen LogP contribution in [0.2, 0.25) is 0 Å². The van der Waals surface area contributed by atoms with E-state index >= 15 is 0 Å². The molecule has 0 spiro atoms. The van der Waals surface area contributed by atoms with Gasteiger partial charge in [-0.25, -0.2) is 0 Å². The molecule has 0 aliphatic rings. The molecular formula is C59H104O6. The van der Waals surface area contributed by atoms with Gasteiger partial charge in [-0.2, -0.15) is 0 Å². The van der Waals surface area contributed by atoms with Crippen LogP contribution in [0.5, 0.6) is 0 Å². The molecular weight excluding hydrogens is 805 g/mol. The summed E-state index contributed by atoms with van der Waals surface area (Å²) in [6.45, 7) is 6.56. The summed E-state index contributed by atoms with van der Waals surface area (Å²) in [4.78, 5) is 38.0. The Kier molecular flexibility index (Phi) is 51.3. The van der Waals surface area contributed by atoms with Crippen LogP contribution in [-0.2, 0) is 28.6 Å². The maximum absolute atomic E-state index is 12.8. The summed E-state index contributed by atoms with van der Waals surface area (Å²) < 4.78 is 16.8. The third-order valence-electron chi connectivity index (χ3n) is 12.0. The molecule has 0 aromatic rings. The first kappa shape index (κ1) is 62.1. The van der Waals surface area contributed by atoms with E-state index < -0.39 is 6.10 Å². The summed E-state index contributed by atoms with van der Waals surface area (Å²) in [5, 5.41) is 0. The summed E-state index contributed by atoms with van der Waals surface area (Å²) in [6.07, 6.45) is 66.5. The van der Waals surface area contributed by atoms with Gasteiger partial charge in [0.05, 0.1) is 0 Å². The summed E-state index contributed by atoms with van der Waals surface area (Å²) in [7, 11) is 0. The highest BCUT2D eigenvalue weighted by Gasteiger charge is 2.19. The Balaban J connectivity index is 4.43. The number of ether oxygens (including phenoxy) is 3. The average Bonchev–Trinajstić information content (AvgIpc) is 3.30. The first-order valence-corrected chi connectivity index (χ1v) is 27.8. The van der Waals surface area contributed by atoms with Crippen LogP contribution in [-0.4, -0.2) is 37.2 Å². The molecule has 0 unspecified atom stereocenters. The molecule has 6 heteroatoms. The van der Waals surface area contributed by atoms with Crippen molar-refractivity contribution >= 4 is 17.9 Å². The third kappa shape index (κ3) is 51.9. The minimum Gasteiger partial charge on any atom is -0.462 e. The van der Waals surface area contributed by atoms with Gasteiger partial charge < -0.3 is 14.2 Å². The molecule has 65 heavy (non-hydrogen) atoms. The lowest BCUT2D eigenvalue weighted by atomic mass is 10.0. The van der Waals surface area contributed by atoms with E-state index in [0.717, 1.165) is 64.2 Å². The standard InChI is InChI=1S/C59H104O6/c1-4-7-10-13-16-19-22-24-26-28-29-31-32-34-37-40-43-46-49-52-58(61)64-55-56(54-63-57(60)51-48-45-42-39-36-21-18-15-12-9-6-3)65-59(62)53-50-47-44-41-38-35-33-30-27-25-23-20-17-14-11-8-5-2/h16,19,24,26,29,31,34,37,43,46,56H,4-15,17-18,20-23,25,27-28,30,32-33,35-36,38-42,44-45,47-55H2,1-3H3/b19-16-,26-24-,31-29-,37-34-,46-43-/t56-/m0/s1. The van der Waals surface area contributed by atoms with E-state index in [4.69, 9.17) is 14.2 Å². The van der Waals surface area contributed by atoms with Gasteiger partial charge in [-0.05, 0) is 57.8 Å². The summed E-state index contributed by atoms with van der Waals surface area (Å²) in [5.74, 6) is -0.970. The van der Waals surface area contributed by atoms with Crippen LogP contribution in [0.1, 0.15) is 278 Å². The van der Waals surface area contributed by atoms with Crippen molar-refractivity contribution in [1.82, 2.24) is 0 Å². The maximum atomic E-state index is 12.8. The quantitative estimate of drug-likeness (QED) is 0.0262. The lowest BCUT2D eigenvalue weighted by Gasteiger charge is -2.18. The summed E-state index contributed by atoms with van der Waals surface area (Å²) in [5.41, 5.74) is 0. The van der Waals surface area contributed by atoms with Gasteiger partial charge in [0.25, 0.3) is 0 Å². The van der Waals surface area contributed by atoms with E-state index in [1.807, 2.05) is 6.08 Å². The number of carbonyl (C=O) groups is 3. The Hall–Kier alpha value is -2.89. The van der Waals surface area contributed by atoms with Crippen LogP contribution < -0.4 is 0 Å². The zero-order chi connectivity index (χ0) is 47.2. The van der Waals surface area contributed by atoms with E-state index in [-0.39, 0.29) is 37.5 Å². The van der Waals surface area contributed by atoms with Crippen molar-refractivity contribution in [3.8, 4) is 0 Å². The molecule has 376 valence electrons. The SMILES string of the molecule is CCCCC/C=C\C/C=C\C/C=C\C/C=C\C/C=C\CCC(=O)OC[C@H](COC(=O)CCCCCCCCCCCCC)OC(=O)CCCCCCCCCCCCCCCCCCC. The van der Waals surface area contributed by atoms with Crippen LogP contribution in [0.25, 0.3) is 0 Å². The fraction of sp³-hybridized carbons (Fsp3) is 0.780. The van der Waals surface area contributed by atoms with Gasteiger partial charge in [-0.1, -0.05) is 261 Å². The normalized spacial score (nSPS) is 12.5. The molecule has 0 saturated carbocycles. The van der Waals surface area contributed by atoms with Crippen LogP contribution in [0.15, 0.2) is 60.8 Å². The van der Waals surface area contributed by atoms with E-state index in [9.17, 15) is 14.4 Å². The second-order valence-electron chi connectivity index (χ2n) is 18.5. The molecule has 0 radical (unpaired) electrons.